The molecule has 3 nitrogen and oxygen atoms in total. The Morgan fingerprint density at radius 1 is 0.950 bits per heavy atom. The summed E-state index contributed by atoms with van der Waals surface area (Å²) in [6.45, 7) is 0. The average Bonchev–Trinajstić information content (AvgIpc) is 2.85. The number of hydrogen-bond acceptors (Lipinski definition) is 2. The molecule has 0 amide bonds. The lowest BCUT2D eigenvalue weighted by molar-refractivity contribution is 1.33. The van der Waals surface area contributed by atoms with Gasteiger partial charge in [0.15, 0.2) is 0 Å². The van der Waals surface area contributed by atoms with E-state index >= 15 is 0 Å². The fourth-order valence-corrected chi connectivity index (χ4v) is 2.77. The van der Waals surface area contributed by atoms with E-state index in [9.17, 15) is 0 Å². The molecule has 0 saturated carbocycles. The molecule has 0 unspecified atom stereocenters. The molecule has 1 N–H and O–H groups in total. The molecule has 96 valence electrons. The average molecular weight is 280 g/mol. The molecule has 0 fully saturated rings. The molecule has 20 heavy (non-hydrogen) atoms. The van der Waals surface area contributed by atoms with Crippen molar-refractivity contribution < 1.29 is 0 Å². The normalized spacial score (nSPS) is 11.2. The van der Waals surface area contributed by atoms with Gasteiger partial charge in [-0.1, -0.05) is 23.7 Å². The maximum atomic E-state index is 6.01. The van der Waals surface area contributed by atoms with Gasteiger partial charge in [-0.2, -0.15) is 0 Å². The summed E-state index contributed by atoms with van der Waals surface area (Å²) in [6.07, 6.45) is 3.52. The Labute approximate surface area is 120 Å². The van der Waals surface area contributed by atoms with Crippen molar-refractivity contribution >= 4 is 33.5 Å². The fourth-order valence-electron chi connectivity index (χ4n) is 2.59. The molecule has 3 aromatic heterocycles. The highest BCUT2D eigenvalue weighted by Crippen LogP contribution is 2.34. The predicted octanol–water partition coefficient (Wildman–Crippen LogP) is 4.43. The molecule has 0 radical (unpaired) electrons. The SMILES string of the molecule is Clc1cc(-c2cccc3[nH]c4ncccc4c23)ccn1. The number of aromatic nitrogens is 3. The van der Waals surface area contributed by atoms with Crippen LogP contribution in [-0.2, 0) is 0 Å². The third kappa shape index (κ3) is 1.67. The smallest absolute Gasteiger partial charge is 0.138 e. The van der Waals surface area contributed by atoms with Crippen LogP contribution in [-0.4, -0.2) is 15.0 Å². The Bertz CT molecular complexity index is 927. The predicted molar refractivity (Wildman–Crippen MR) is 81.8 cm³/mol. The largest absolute Gasteiger partial charge is 0.339 e. The van der Waals surface area contributed by atoms with E-state index in [0.717, 1.165) is 33.1 Å². The summed E-state index contributed by atoms with van der Waals surface area (Å²) in [6, 6.07) is 14.1. The second-order valence-electron chi connectivity index (χ2n) is 4.62. The van der Waals surface area contributed by atoms with Gasteiger partial charge in [0.2, 0.25) is 0 Å². The minimum atomic E-state index is 0.498. The number of nitrogens with zero attached hydrogens (tertiary/aromatic N) is 2. The second-order valence-corrected chi connectivity index (χ2v) is 5.01. The van der Waals surface area contributed by atoms with Crippen molar-refractivity contribution in [3.05, 3.63) is 60.0 Å². The zero-order chi connectivity index (χ0) is 13.5. The van der Waals surface area contributed by atoms with Crippen LogP contribution >= 0.6 is 11.6 Å². The number of rotatable bonds is 1. The molecule has 4 heteroatoms. The number of benzene rings is 1. The van der Waals surface area contributed by atoms with Gasteiger partial charge in [-0.3, -0.25) is 0 Å². The van der Waals surface area contributed by atoms with Gasteiger partial charge < -0.3 is 4.98 Å². The highest BCUT2D eigenvalue weighted by atomic mass is 35.5. The quantitative estimate of drug-likeness (QED) is 0.524. The number of H-pyrrole nitrogens is 1. The zero-order valence-electron chi connectivity index (χ0n) is 10.5. The van der Waals surface area contributed by atoms with E-state index in [1.54, 1.807) is 12.4 Å². The van der Waals surface area contributed by atoms with E-state index in [1.165, 1.54) is 0 Å². The molecule has 0 bridgehead atoms. The van der Waals surface area contributed by atoms with Crippen LogP contribution in [0.15, 0.2) is 54.9 Å². The molecule has 0 aliphatic carbocycles. The first-order chi connectivity index (χ1) is 9.83. The first kappa shape index (κ1) is 11.4. The van der Waals surface area contributed by atoms with Gasteiger partial charge in [0, 0.05) is 28.7 Å². The van der Waals surface area contributed by atoms with Crippen molar-refractivity contribution in [2.24, 2.45) is 0 Å². The van der Waals surface area contributed by atoms with Gasteiger partial charge >= 0.3 is 0 Å². The Balaban J connectivity index is 2.14. The molecule has 0 aliphatic heterocycles. The maximum Gasteiger partial charge on any atom is 0.138 e. The molecule has 4 rings (SSSR count). The number of aromatic amines is 1. The number of hydrogen-bond donors (Lipinski definition) is 1. The summed E-state index contributed by atoms with van der Waals surface area (Å²) in [4.78, 5) is 11.8. The number of halogens is 1. The van der Waals surface area contributed by atoms with Crippen LogP contribution in [0.4, 0.5) is 0 Å². The van der Waals surface area contributed by atoms with Crippen LogP contribution in [0.3, 0.4) is 0 Å². The third-order valence-corrected chi connectivity index (χ3v) is 3.64. The Hall–Kier alpha value is -2.39. The Kier molecular flexibility index (Phi) is 2.47. The minimum Gasteiger partial charge on any atom is -0.339 e. The molecule has 0 spiro atoms. The lowest BCUT2D eigenvalue weighted by atomic mass is 10.0. The van der Waals surface area contributed by atoms with E-state index in [0.29, 0.717) is 5.15 Å². The maximum absolute atomic E-state index is 6.01. The molecule has 0 atom stereocenters. The molecule has 1 aromatic carbocycles. The number of pyridine rings is 2. The summed E-state index contributed by atoms with van der Waals surface area (Å²) in [7, 11) is 0. The summed E-state index contributed by atoms with van der Waals surface area (Å²) in [5.74, 6) is 0. The first-order valence-corrected chi connectivity index (χ1v) is 6.68. The summed E-state index contributed by atoms with van der Waals surface area (Å²) in [5, 5.41) is 2.78. The van der Waals surface area contributed by atoms with Gasteiger partial charge in [0.25, 0.3) is 0 Å². The van der Waals surface area contributed by atoms with Crippen LogP contribution in [0.5, 0.6) is 0 Å². The standard InChI is InChI=1S/C16H10ClN3/c17-14-9-10(6-8-18-14)11-3-1-5-13-15(11)12-4-2-7-19-16(12)20-13/h1-9H,(H,19,20). The zero-order valence-corrected chi connectivity index (χ0v) is 11.2. The van der Waals surface area contributed by atoms with Crippen molar-refractivity contribution in [3.8, 4) is 11.1 Å². The number of nitrogens with one attached hydrogen (secondary N) is 1. The fraction of sp³-hybridized carbons (Fsp3) is 0. The number of fused-ring (bicyclic) bond motifs is 3. The van der Waals surface area contributed by atoms with E-state index < -0.39 is 0 Å². The first-order valence-electron chi connectivity index (χ1n) is 6.30. The van der Waals surface area contributed by atoms with E-state index in [-0.39, 0.29) is 0 Å². The van der Waals surface area contributed by atoms with Crippen molar-refractivity contribution in [1.29, 1.82) is 0 Å². The van der Waals surface area contributed by atoms with Crippen molar-refractivity contribution in [2.45, 2.75) is 0 Å². The molecule has 0 aliphatic rings. The van der Waals surface area contributed by atoms with Gasteiger partial charge in [-0.15, -0.1) is 0 Å². The highest BCUT2D eigenvalue weighted by molar-refractivity contribution is 6.29. The van der Waals surface area contributed by atoms with Crippen molar-refractivity contribution in [3.63, 3.8) is 0 Å². The lowest BCUT2D eigenvalue weighted by Crippen LogP contribution is -1.81. The van der Waals surface area contributed by atoms with Crippen molar-refractivity contribution in [1.82, 2.24) is 15.0 Å². The van der Waals surface area contributed by atoms with Crippen LogP contribution in [0.25, 0.3) is 33.1 Å². The molecule has 4 aromatic rings. The Morgan fingerprint density at radius 3 is 2.80 bits per heavy atom. The second kappa shape index (κ2) is 4.32. The summed E-state index contributed by atoms with van der Waals surface area (Å²) >= 11 is 6.01. The summed E-state index contributed by atoms with van der Waals surface area (Å²) in [5.41, 5.74) is 4.16. The van der Waals surface area contributed by atoms with Gasteiger partial charge in [-0.05, 0) is 41.5 Å². The topological polar surface area (TPSA) is 41.6 Å². The van der Waals surface area contributed by atoms with Crippen LogP contribution in [0.1, 0.15) is 0 Å². The Morgan fingerprint density at radius 2 is 1.90 bits per heavy atom. The van der Waals surface area contributed by atoms with Crippen molar-refractivity contribution in [2.75, 3.05) is 0 Å². The lowest BCUT2D eigenvalue weighted by Gasteiger charge is -2.04. The van der Waals surface area contributed by atoms with E-state index in [2.05, 4.69) is 33.2 Å². The van der Waals surface area contributed by atoms with E-state index in [4.69, 9.17) is 11.6 Å². The third-order valence-electron chi connectivity index (χ3n) is 3.43. The van der Waals surface area contributed by atoms with Crippen LogP contribution in [0, 0.1) is 0 Å². The van der Waals surface area contributed by atoms with Crippen LogP contribution in [0.2, 0.25) is 5.15 Å². The minimum absolute atomic E-state index is 0.498. The highest BCUT2D eigenvalue weighted by Gasteiger charge is 2.10. The monoisotopic (exact) mass is 279 g/mol. The van der Waals surface area contributed by atoms with Gasteiger partial charge in [-0.25, -0.2) is 9.97 Å². The molecule has 3 heterocycles. The molecule has 0 saturated heterocycles. The van der Waals surface area contributed by atoms with Crippen LogP contribution < -0.4 is 0 Å². The molecular weight excluding hydrogens is 270 g/mol. The van der Waals surface area contributed by atoms with E-state index in [1.807, 2.05) is 24.3 Å². The summed E-state index contributed by atoms with van der Waals surface area (Å²) < 4.78 is 0. The van der Waals surface area contributed by atoms with Gasteiger partial charge in [0.05, 0.1) is 0 Å². The van der Waals surface area contributed by atoms with Gasteiger partial charge in [0.1, 0.15) is 10.8 Å². The molecular formula is C16H10ClN3.